The molecule has 0 spiro atoms. The van der Waals surface area contributed by atoms with Crippen LogP contribution in [-0.2, 0) is 6.42 Å². The van der Waals surface area contributed by atoms with Crippen LogP contribution >= 0.6 is 0 Å². The Morgan fingerprint density at radius 3 is 2.54 bits per heavy atom. The van der Waals surface area contributed by atoms with Gasteiger partial charge in [0.25, 0.3) is 5.91 Å². The maximum Gasteiger partial charge on any atom is 0.346 e. The van der Waals surface area contributed by atoms with Crippen LogP contribution < -0.4 is 15.7 Å². The first-order chi connectivity index (χ1) is 13.5. The molecule has 3 N–H and O–H groups in total. The molecule has 0 bridgehead atoms. The first kappa shape index (κ1) is 19.2. The number of amides is 1. The van der Waals surface area contributed by atoms with Gasteiger partial charge in [0, 0.05) is 12.1 Å². The monoisotopic (exact) mass is 379 g/mol. The van der Waals surface area contributed by atoms with Crippen LogP contribution in [0.3, 0.4) is 0 Å². The van der Waals surface area contributed by atoms with Crippen LogP contribution in [0.15, 0.2) is 59.4 Å². The Morgan fingerprint density at radius 1 is 1.14 bits per heavy atom. The second-order valence-electron chi connectivity index (χ2n) is 6.24. The number of aryl methyl sites for hydroxylation is 1. The van der Waals surface area contributed by atoms with Gasteiger partial charge in [-0.1, -0.05) is 12.1 Å². The van der Waals surface area contributed by atoms with Crippen LogP contribution in [0.25, 0.3) is 11.3 Å². The summed E-state index contributed by atoms with van der Waals surface area (Å²) in [5.74, 6) is 0.562. The molecule has 3 rings (SSSR count). The fraction of sp³-hybridized carbons (Fsp3) is 0.190. The zero-order valence-corrected chi connectivity index (χ0v) is 15.4. The smallest absolute Gasteiger partial charge is 0.346 e. The summed E-state index contributed by atoms with van der Waals surface area (Å²) in [4.78, 5) is 30.6. The number of phenols is 1. The molecule has 0 saturated heterocycles. The lowest BCUT2D eigenvalue weighted by Crippen LogP contribution is -2.28. The number of phenolic OH excluding ortho intramolecular Hbond substituents is 1. The molecule has 0 fully saturated rings. The average Bonchev–Trinajstić information content (AvgIpc) is 2.72. The number of H-pyrrole nitrogens is 1. The van der Waals surface area contributed by atoms with Crippen molar-refractivity contribution in [2.45, 2.75) is 12.8 Å². The summed E-state index contributed by atoms with van der Waals surface area (Å²) < 4.78 is 5.12. The van der Waals surface area contributed by atoms with E-state index in [9.17, 15) is 14.7 Å². The van der Waals surface area contributed by atoms with Crippen LogP contribution in [0.4, 0.5) is 0 Å². The van der Waals surface area contributed by atoms with E-state index in [1.807, 2.05) is 12.1 Å². The van der Waals surface area contributed by atoms with E-state index in [2.05, 4.69) is 15.3 Å². The molecule has 1 aromatic heterocycles. The van der Waals surface area contributed by atoms with E-state index in [1.165, 1.54) is 0 Å². The summed E-state index contributed by atoms with van der Waals surface area (Å²) >= 11 is 0. The topological polar surface area (TPSA) is 104 Å². The maximum absolute atomic E-state index is 12.4. The van der Waals surface area contributed by atoms with Gasteiger partial charge in [0.15, 0.2) is 0 Å². The van der Waals surface area contributed by atoms with Gasteiger partial charge >= 0.3 is 5.69 Å². The first-order valence-corrected chi connectivity index (χ1v) is 8.87. The van der Waals surface area contributed by atoms with Gasteiger partial charge < -0.3 is 20.1 Å². The van der Waals surface area contributed by atoms with E-state index in [1.54, 1.807) is 49.6 Å². The number of rotatable bonds is 7. The molecule has 0 atom stereocenters. The van der Waals surface area contributed by atoms with Crippen molar-refractivity contribution in [3.8, 4) is 22.8 Å². The van der Waals surface area contributed by atoms with Crippen molar-refractivity contribution >= 4 is 5.91 Å². The largest absolute Gasteiger partial charge is 0.508 e. The molecule has 0 radical (unpaired) electrons. The molecule has 144 valence electrons. The van der Waals surface area contributed by atoms with Crippen LogP contribution in [0.5, 0.6) is 11.5 Å². The minimum absolute atomic E-state index is 0.162. The number of nitrogens with zero attached hydrogens (tertiary/aromatic N) is 1. The van der Waals surface area contributed by atoms with Crippen molar-refractivity contribution < 1.29 is 14.6 Å². The van der Waals surface area contributed by atoms with Crippen molar-refractivity contribution in [2.75, 3.05) is 13.7 Å². The Kier molecular flexibility index (Phi) is 6.06. The third-order valence-electron chi connectivity index (χ3n) is 4.24. The average molecular weight is 379 g/mol. The lowest BCUT2D eigenvalue weighted by molar-refractivity contribution is 0.0948. The highest BCUT2D eigenvalue weighted by Gasteiger charge is 2.10. The van der Waals surface area contributed by atoms with Crippen molar-refractivity contribution in [3.63, 3.8) is 0 Å². The lowest BCUT2D eigenvalue weighted by Gasteiger charge is -2.07. The summed E-state index contributed by atoms with van der Waals surface area (Å²) in [5.41, 5.74) is 1.79. The standard InChI is InChI=1S/C21H21N3O4/c1-28-17-10-6-15(7-11-17)18-13-19(24-21(27)23-18)20(26)22-12-2-3-14-4-8-16(25)9-5-14/h4-11,13,25H,2-3,12H2,1H3,(H,22,26)(H,23,24,27). The van der Waals surface area contributed by atoms with Crippen LogP contribution in [0.1, 0.15) is 22.5 Å². The Bertz CT molecular complexity index is 995. The SMILES string of the molecule is COc1ccc(-c2cc(C(=O)NCCCc3ccc(O)cc3)[nH]c(=O)n2)cc1. The van der Waals surface area contributed by atoms with Gasteiger partial charge in [0.05, 0.1) is 12.8 Å². The third-order valence-corrected chi connectivity index (χ3v) is 4.24. The lowest BCUT2D eigenvalue weighted by atomic mass is 10.1. The summed E-state index contributed by atoms with van der Waals surface area (Å²) in [6.07, 6.45) is 1.50. The molecular formula is C21H21N3O4. The number of nitrogens with one attached hydrogen (secondary N) is 2. The first-order valence-electron chi connectivity index (χ1n) is 8.87. The second kappa shape index (κ2) is 8.85. The molecule has 1 heterocycles. The summed E-state index contributed by atoms with van der Waals surface area (Å²) in [5, 5.41) is 12.1. The zero-order chi connectivity index (χ0) is 19.9. The highest BCUT2D eigenvalue weighted by atomic mass is 16.5. The maximum atomic E-state index is 12.4. The molecule has 7 heteroatoms. The number of carbonyl (C=O) groups excluding carboxylic acids is 1. The van der Waals surface area contributed by atoms with E-state index >= 15 is 0 Å². The van der Waals surface area contributed by atoms with Crippen molar-refractivity contribution in [1.29, 1.82) is 0 Å². The van der Waals surface area contributed by atoms with E-state index < -0.39 is 5.69 Å². The number of methoxy groups -OCH3 is 1. The number of aromatic hydroxyl groups is 1. The normalized spacial score (nSPS) is 10.5. The molecule has 0 unspecified atom stereocenters. The quantitative estimate of drug-likeness (QED) is 0.547. The second-order valence-corrected chi connectivity index (χ2v) is 6.24. The molecule has 2 aromatic carbocycles. The molecule has 0 saturated carbocycles. The van der Waals surface area contributed by atoms with Crippen molar-refractivity contribution in [1.82, 2.24) is 15.3 Å². The fourth-order valence-electron chi connectivity index (χ4n) is 2.74. The zero-order valence-electron chi connectivity index (χ0n) is 15.4. The molecule has 0 aliphatic rings. The van der Waals surface area contributed by atoms with Gasteiger partial charge in [-0.25, -0.2) is 4.79 Å². The molecule has 7 nitrogen and oxygen atoms in total. The Morgan fingerprint density at radius 2 is 1.86 bits per heavy atom. The molecule has 28 heavy (non-hydrogen) atoms. The number of hydrogen-bond donors (Lipinski definition) is 3. The number of benzene rings is 2. The fourth-order valence-corrected chi connectivity index (χ4v) is 2.74. The van der Waals surface area contributed by atoms with Crippen molar-refractivity contribution in [2.24, 2.45) is 0 Å². The van der Waals surface area contributed by atoms with Gasteiger partial charge in [-0.3, -0.25) is 4.79 Å². The number of hydrogen-bond acceptors (Lipinski definition) is 5. The Balaban J connectivity index is 1.62. The van der Waals surface area contributed by atoms with Gasteiger partial charge in [0.2, 0.25) is 0 Å². The van der Waals surface area contributed by atoms with E-state index in [-0.39, 0.29) is 17.4 Å². The molecular weight excluding hydrogens is 358 g/mol. The van der Waals surface area contributed by atoms with Crippen LogP contribution in [0.2, 0.25) is 0 Å². The highest BCUT2D eigenvalue weighted by molar-refractivity contribution is 5.93. The van der Waals surface area contributed by atoms with E-state index in [4.69, 9.17) is 4.74 Å². The van der Waals surface area contributed by atoms with Gasteiger partial charge in [0.1, 0.15) is 17.2 Å². The third kappa shape index (κ3) is 4.97. The molecule has 0 aliphatic carbocycles. The number of ether oxygens (including phenoxy) is 1. The number of aromatic amines is 1. The highest BCUT2D eigenvalue weighted by Crippen LogP contribution is 2.20. The molecule has 1 amide bonds. The number of aromatic nitrogens is 2. The number of carbonyl (C=O) groups is 1. The van der Waals surface area contributed by atoms with E-state index in [0.29, 0.717) is 23.6 Å². The molecule has 0 aliphatic heterocycles. The van der Waals surface area contributed by atoms with Crippen LogP contribution in [0, 0.1) is 0 Å². The Labute approximate surface area is 162 Å². The molecule has 3 aromatic rings. The Hall–Kier alpha value is -3.61. The summed E-state index contributed by atoms with van der Waals surface area (Å²) in [6, 6.07) is 15.6. The van der Waals surface area contributed by atoms with Crippen molar-refractivity contribution in [3.05, 3.63) is 76.3 Å². The summed E-state index contributed by atoms with van der Waals surface area (Å²) in [7, 11) is 1.57. The van der Waals surface area contributed by atoms with E-state index in [0.717, 1.165) is 18.4 Å². The minimum Gasteiger partial charge on any atom is -0.508 e. The van der Waals surface area contributed by atoms with Gasteiger partial charge in [-0.05, 0) is 60.9 Å². The van der Waals surface area contributed by atoms with Gasteiger partial charge in [-0.15, -0.1) is 0 Å². The summed E-state index contributed by atoms with van der Waals surface area (Å²) in [6.45, 7) is 0.460. The van der Waals surface area contributed by atoms with Gasteiger partial charge in [-0.2, -0.15) is 4.98 Å². The predicted octanol–water partition coefficient (Wildman–Crippen LogP) is 2.51. The minimum atomic E-state index is -0.581. The predicted molar refractivity (Wildman–Crippen MR) is 106 cm³/mol. The van der Waals surface area contributed by atoms with Crippen LogP contribution in [-0.4, -0.2) is 34.6 Å².